The highest BCUT2D eigenvalue weighted by Gasteiger charge is 2.46. The molecule has 0 aromatic carbocycles. The zero-order valence-corrected chi connectivity index (χ0v) is 40.6. The minimum atomic E-state index is 0.0934. The lowest BCUT2D eigenvalue weighted by Gasteiger charge is -2.49. The number of rotatable bonds is 9. The number of amidine groups is 1. The lowest BCUT2D eigenvalue weighted by molar-refractivity contribution is 0.0940. The van der Waals surface area contributed by atoms with E-state index in [4.69, 9.17) is 4.99 Å². The largest absolute Gasteiger partial charge is 0.354 e. The van der Waals surface area contributed by atoms with Gasteiger partial charge in [-0.2, -0.15) is 0 Å². The average Bonchev–Trinajstić information content (AvgIpc) is 3.34. The second-order valence-electron chi connectivity index (χ2n) is 23.7. The quantitative estimate of drug-likeness (QED) is 0.227. The standard InChI is InChI=1S/C61H85N3/c1-42-19-14-26-48(35-42)55-31-18-32-56(43(55)2)51-38-52(41-61(4,40-51)54-30-17-29-53(39-54)60(3)33-12-7-13-34-60)59-63-57(49-27-15-24-46(36-49)44-20-8-5-9-21-44)62-58(64-59)50-28-16-25-47(37-50)45-22-10-6-11-23-45/h5,8,10,16-17,20,22-23,25,28-29,35,38,41-43,46,49-50,53-58,62H,6-7,9,11-15,18-19,21,24,26-27,30-34,36-37,39-40H2,1-4H3,(H,63,64)/t42?,43-,46?,49?,50?,53?,54?,55?,56?,57?,58?,61?/m0/s1. The Labute approximate surface area is 390 Å². The van der Waals surface area contributed by atoms with Gasteiger partial charge >= 0.3 is 0 Å². The lowest BCUT2D eigenvalue weighted by atomic mass is 9.56. The molecule has 0 aromatic rings. The maximum atomic E-state index is 5.93. The highest BCUT2D eigenvalue weighted by atomic mass is 15.3. The molecule has 64 heavy (non-hydrogen) atoms. The Kier molecular flexibility index (Phi) is 13.7. The van der Waals surface area contributed by atoms with Crippen molar-refractivity contribution in [1.29, 1.82) is 0 Å². The molecule has 10 aliphatic rings. The van der Waals surface area contributed by atoms with Gasteiger partial charge in [-0.15, -0.1) is 0 Å². The first-order valence-corrected chi connectivity index (χ1v) is 27.2. The number of aliphatic imine (C=N–C) groups is 1. The Morgan fingerprint density at radius 1 is 0.734 bits per heavy atom. The molecule has 11 unspecified atom stereocenters. The minimum Gasteiger partial charge on any atom is -0.354 e. The minimum absolute atomic E-state index is 0.0934. The van der Waals surface area contributed by atoms with Crippen LogP contribution in [0.1, 0.15) is 175 Å². The molecule has 0 bridgehead atoms. The van der Waals surface area contributed by atoms with E-state index in [1.54, 1.807) is 16.7 Å². The molecule has 3 nitrogen and oxygen atoms in total. The smallest absolute Gasteiger partial charge is 0.130 e. The summed E-state index contributed by atoms with van der Waals surface area (Å²) in [4.78, 5) is 5.93. The van der Waals surface area contributed by atoms with Crippen LogP contribution in [0.3, 0.4) is 0 Å². The van der Waals surface area contributed by atoms with Crippen molar-refractivity contribution < 1.29 is 0 Å². The van der Waals surface area contributed by atoms with Crippen LogP contribution >= 0.6 is 0 Å². The van der Waals surface area contributed by atoms with E-state index in [1.165, 1.54) is 151 Å². The van der Waals surface area contributed by atoms with Crippen molar-refractivity contribution in [3.63, 3.8) is 0 Å². The summed E-state index contributed by atoms with van der Waals surface area (Å²) in [6, 6.07) is 0. The van der Waals surface area contributed by atoms with Crippen molar-refractivity contribution >= 4 is 5.84 Å². The summed E-state index contributed by atoms with van der Waals surface area (Å²) in [6.07, 6.45) is 65.4. The Hall–Kier alpha value is -3.17. The molecule has 0 aromatic heterocycles. The van der Waals surface area contributed by atoms with Crippen molar-refractivity contribution in [1.82, 2.24) is 10.6 Å². The summed E-state index contributed by atoms with van der Waals surface area (Å²) < 4.78 is 0. The van der Waals surface area contributed by atoms with Crippen LogP contribution in [-0.4, -0.2) is 18.2 Å². The van der Waals surface area contributed by atoms with Gasteiger partial charge in [0.05, 0.1) is 6.17 Å². The Morgan fingerprint density at radius 2 is 1.59 bits per heavy atom. The molecular weight excluding hydrogens is 775 g/mol. The zero-order chi connectivity index (χ0) is 43.7. The van der Waals surface area contributed by atoms with Crippen molar-refractivity contribution in [2.24, 2.45) is 69.1 Å². The molecule has 3 saturated carbocycles. The van der Waals surface area contributed by atoms with Crippen LogP contribution in [0.15, 0.2) is 123 Å². The van der Waals surface area contributed by atoms with Gasteiger partial charge in [-0.05, 0) is 185 Å². The van der Waals surface area contributed by atoms with Crippen LogP contribution in [-0.2, 0) is 0 Å². The van der Waals surface area contributed by atoms with Gasteiger partial charge in [-0.25, -0.2) is 4.99 Å². The third kappa shape index (κ3) is 9.64. The highest BCUT2D eigenvalue weighted by molar-refractivity contribution is 6.02. The first kappa shape index (κ1) is 44.7. The van der Waals surface area contributed by atoms with Crippen molar-refractivity contribution in [2.45, 2.75) is 188 Å². The lowest BCUT2D eigenvalue weighted by Crippen LogP contribution is -2.59. The second-order valence-corrected chi connectivity index (χ2v) is 23.7. The molecule has 3 fully saturated rings. The van der Waals surface area contributed by atoms with Crippen LogP contribution in [0.2, 0.25) is 0 Å². The van der Waals surface area contributed by atoms with E-state index >= 15 is 0 Å². The fourth-order valence-electron chi connectivity index (χ4n) is 15.4. The van der Waals surface area contributed by atoms with Crippen molar-refractivity contribution in [3.05, 3.63) is 119 Å². The predicted octanol–water partition coefficient (Wildman–Crippen LogP) is 15.7. The molecule has 10 rings (SSSR count). The molecule has 344 valence electrons. The Balaban J connectivity index is 1.01. The molecular formula is C61H85N3. The first-order valence-electron chi connectivity index (χ1n) is 27.2. The van der Waals surface area contributed by atoms with Gasteiger partial charge in [0, 0.05) is 11.5 Å². The van der Waals surface area contributed by atoms with Crippen LogP contribution in [0.5, 0.6) is 0 Å². The molecule has 12 atom stereocenters. The number of allylic oxidation sites excluding steroid dienone is 17. The Morgan fingerprint density at radius 3 is 2.41 bits per heavy atom. The van der Waals surface area contributed by atoms with Gasteiger partial charge in [-0.3, -0.25) is 5.32 Å². The van der Waals surface area contributed by atoms with E-state index in [2.05, 4.69) is 123 Å². The molecule has 0 amide bonds. The normalized spacial score (nSPS) is 40.2. The fraction of sp³-hybridized carbons (Fsp3) is 0.656. The monoisotopic (exact) mass is 860 g/mol. The van der Waals surface area contributed by atoms with Crippen molar-refractivity contribution in [2.75, 3.05) is 0 Å². The average molecular weight is 860 g/mol. The third-order valence-corrected chi connectivity index (χ3v) is 19.3. The number of hydrogen-bond acceptors (Lipinski definition) is 3. The van der Waals surface area contributed by atoms with Gasteiger partial charge in [0.1, 0.15) is 12.0 Å². The van der Waals surface area contributed by atoms with Gasteiger partial charge in [0.25, 0.3) is 0 Å². The van der Waals surface area contributed by atoms with Gasteiger partial charge in [-0.1, -0.05) is 162 Å². The molecule has 9 aliphatic carbocycles. The maximum absolute atomic E-state index is 5.93. The number of nitrogens with one attached hydrogen (secondary N) is 2. The first-order chi connectivity index (χ1) is 31.2. The summed E-state index contributed by atoms with van der Waals surface area (Å²) in [6.45, 7) is 10.5. The molecule has 1 aliphatic heterocycles. The fourth-order valence-corrected chi connectivity index (χ4v) is 15.4. The van der Waals surface area contributed by atoms with E-state index in [0.29, 0.717) is 46.8 Å². The summed E-state index contributed by atoms with van der Waals surface area (Å²) in [7, 11) is 0. The summed E-state index contributed by atoms with van der Waals surface area (Å²) in [5.74, 6) is 6.93. The SMILES string of the molecule is CC1C=C(C2CCCC(C3=CC(C4=NC(C5CCCC(C6=CC=CCC6)C5)NC(C5C=CC=C(C6=CCCC=C6)C5)N4)=CC(C)(C4CC=CC(C5(C)CCCCC5)C4)C3)[C@H]2C)CCC1. The van der Waals surface area contributed by atoms with E-state index in [0.717, 1.165) is 31.1 Å². The van der Waals surface area contributed by atoms with Crippen molar-refractivity contribution in [3.8, 4) is 0 Å². The van der Waals surface area contributed by atoms with E-state index < -0.39 is 0 Å². The highest BCUT2D eigenvalue weighted by Crippen LogP contribution is 2.55. The summed E-state index contributed by atoms with van der Waals surface area (Å²) in [5, 5.41) is 8.49. The molecule has 0 spiro atoms. The van der Waals surface area contributed by atoms with Gasteiger partial charge < -0.3 is 5.32 Å². The Bertz CT molecular complexity index is 2050. The van der Waals surface area contributed by atoms with E-state index in [9.17, 15) is 0 Å². The summed E-state index contributed by atoms with van der Waals surface area (Å²) >= 11 is 0. The van der Waals surface area contributed by atoms with Crippen LogP contribution in [0, 0.1) is 64.1 Å². The van der Waals surface area contributed by atoms with Crippen LogP contribution in [0.4, 0.5) is 0 Å². The van der Waals surface area contributed by atoms with E-state index in [-0.39, 0.29) is 17.7 Å². The van der Waals surface area contributed by atoms with Crippen LogP contribution < -0.4 is 10.6 Å². The molecule has 1 heterocycles. The molecule has 0 radical (unpaired) electrons. The van der Waals surface area contributed by atoms with E-state index in [1.807, 2.05) is 0 Å². The molecule has 3 heteroatoms. The maximum Gasteiger partial charge on any atom is 0.130 e. The molecule has 0 saturated heterocycles. The van der Waals surface area contributed by atoms with Crippen LogP contribution in [0.25, 0.3) is 0 Å². The summed E-state index contributed by atoms with van der Waals surface area (Å²) in [5.41, 5.74) is 10.1. The predicted molar refractivity (Wildman–Crippen MR) is 272 cm³/mol. The van der Waals surface area contributed by atoms with Gasteiger partial charge in [0.15, 0.2) is 0 Å². The third-order valence-electron chi connectivity index (χ3n) is 19.3. The second kappa shape index (κ2) is 19.6. The number of hydrogen-bond donors (Lipinski definition) is 2. The topological polar surface area (TPSA) is 36.4 Å². The molecule has 2 N–H and O–H groups in total. The zero-order valence-electron chi connectivity index (χ0n) is 40.6. The number of nitrogens with zero attached hydrogens (tertiary/aromatic N) is 1. The van der Waals surface area contributed by atoms with Gasteiger partial charge in [0.2, 0.25) is 0 Å².